The molecule has 0 aromatic carbocycles. The van der Waals surface area contributed by atoms with Gasteiger partial charge in [0.05, 0.1) is 13.2 Å². The number of allylic oxidation sites excluding steroid dienone is 4. The van der Waals surface area contributed by atoms with Crippen molar-refractivity contribution in [3.63, 3.8) is 0 Å². The molecule has 0 saturated carbocycles. The van der Waals surface area contributed by atoms with E-state index in [1.807, 2.05) is 0 Å². The van der Waals surface area contributed by atoms with Gasteiger partial charge in [-0.1, -0.05) is 147 Å². The number of phosphoric ester groups is 1. The third-order valence-electron chi connectivity index (χ3n) is 8.62. The molecule has 0 spiro atoms. The second kappa shape index (κ2) is 35.1. The summed E-state index contributed by atoms with van der Waals surface area (Å²) in [4.78, 5) is 34.9. The molecule has 0 aromatic heterocycles. The van der Waals surface area contributed by atoms with Gasteiger partial charge >= 0.3 is 13.8 Å². The maximum Gasteiger partial charge on any atom is 0.473 e. The highest BCUT2D eigenvalue weighted by molar-refractivity contribution is 7.47. The van der Waals surface area contributed by atoms with Crippen LogP contribution in [0.4, 0.5) is 0 Å². The maximum atomic E-state index is 12.6. The molecule has 0 amide bonds. The minimum atomic E-state index is -4.67. The van der Waals surface area contributed by atoms with E-state index in [1.54, 1.807) is 0 Å². The number of hydrogen-bond donors (Lipinski definition) is 3. The molecule has 0 rings (SSSR count). The lowest BCUT2D eigenvalue weighted by Gasteiger charge is -2.21. The lowest BCUT2D eigenvalue weighted by Crippen LogP contribution is -2.32. The summed E-state index contributed by atoms with van der Waals surface area (Å²) in [5.74, 6) is -0.846. The molecule has 0 aromatic rings. The Morgan fingerprint density at radius 2 is 1.12 bits per heavy atom. The van der Waals surface area contributed by atoms with Crippen LogP contribution in [0.5, 0.6) is 0 Å². The third kappa shape index (κ3) is 32.3. The number of aliphatic hydroxyl groups is 1. The number of aliphatic hydroxyl groups excluding tert-OH is 1. The molecular formula is C39H74NO8P. The summed E-state index contributed by atoms with van der Waals surface area (Å²) in [5, 5.41) is 9.59. The van der Waals surface area contributed by atoms with E-state index in [0.717, 1.165) is 57.8 Å². The van der Waals surface area contributed by atoms with Crippen LogP contribution in [0, 0.1) is 0 Å². The molecule has 9 nitrogen and oxygen atoms in total. The molecule has 0 saturated heterocycles. The second-order valence-electron chi connectivity index (χ2n) is 13.3. The molecular weight excluding hydrogens is 641 g/mol. The summed E-state index contributed by atoms with van der Waals surface area (Å²) in [6, 6.07) is 0. The quantitative estimate of drug-likeness (QED) is 0.0248. The minimum absolute atomic E-state index is 0.192. The van der Waals surface area contributed by atoms with E-state index in [4.69, 9.17) is 19.5 Å². The Morgan fingerprint density at radius 1 is 0.673 bits per heavy atom. The largest absolute Gasteiger partial charge is 0.473 e. The number of carbonyl (C=O) groups is 2. The Labute approximate surface area is 299 Å². The highest BCUT2D eigenvalue weighted by atomic mass is 31.2. The Hall–Kier alpha value is -1.35. The van der Waals surface area contributed by atoms with Gasteiger partial charge in [0.15, 0.2) is 5.78 Å². The summed E-state index contributed by atoms with van der Waals surface area (Å²) in [6.45, 7) is 3.09. The van der Waals surface area contributed by atoms with Gasteiger partial charge in [-0.2, -0.15) is 0 Å². The number of hydrogen-bond acceptors (Lipinski definition) is 8. The number of esters is 1. The molecule has 0 heterocycles. The van der Waals surface area contributed by atoms with Gasteiger partial charge < -0.3 is 20.5 Å². The van der Waals surface area contributed by atoms with E-state index >= 15 is 0 Å². The minimum Gasteiger partial charge on any atom is -0.457 e. The molecule has 0 radical (unpaired) electrons. The number of rotatable bonds is 37. The number of ketones is 1. The fraction of sp³-hybridized carbons (Fsp3) is 0.846. The fourth-order valence-corrected chi connectivity index (χ4v) is 6.47. The van der Waals surface area contributed by atoms with Crippen molar-refractivity contribution >= 4 is 19.6 Å². The summed E-state index contributed by atoms with van der Waals surface area (Å²) in [7, 11) is -4.67. The number of carbonyl (C=O) groups excluding carboxylic acids is 2. The zero-order valence-corrected chi connectivity index (χ0v) is 32.2. The first-order chi connectivity index (χ1) is 23.8. The first-order valence-corrected chi connectivity index (χ1v) is 21.3. The molecule has 3 atom stereocenters. The van der Waals surface area contributed by atoms with Crippen LogP contribution >= 0.6 is 7.82 Å². The number of phosphoric acid groups is 1. The Balaban J connectivity index is 4.02. The number of ether oxygens (including phenoxy) is 1. The van der Waals surface area contributed by atoms with Crippen molar-refractivity contribution in [2.45, 2.75) is 193 Å². The predicted octanol–water partition coefficient (Wildman–Crippen LogP) is 10.2. The SMILES string of the molecule is CCCCC/C=C\C/C=C\CCCCCCCC(=O)O[C@H](CO)COP(=O)(O)OC(CN)C(=O)CCCCCCCCCCCCCCC. The summed E-state index contributed by atoms with van der Waals surface area (Å²) in [5.41, 5.74) is 5.65. The summed E-state index contributed by atoms with van der Waals surface area (Å²) < 4.78 is 27.7. The number of Topliss-reactive ketones (excluding diaryl/α,β-unsaturated/α-hetero) is 1. The van der Waals surface area contributed by atoms with Gasteiger partial charge in [0.25, 0.3) is 0 Å². The molecule has 0 aliphatic rings. The number of nitrogens with two attached hydrogens (primary N) is 1. The molecule has 0 fully saturated rings. The number of unbranched alkanes of at least 4 members (excludes halogenated alkanes) is 20. The predicted molar refractivity (Wildman–Crippen MR) is 201 cm³/mol. The smallest absolute Gasteiger partial charge is 0.457 e. The standard InChI is InChI=1S/C39H74NO8P/c1-3-5-7-9-11-13-15-17-18-20-22-24-26-28-30-32-39(43)47-36(34-41)35-46-49(44,45)48-38(33-40)37(42)31-29-27-25-23-21-19-16-14-12-10-8-6-4-2/h11,13,17-18,36,38,41H,3-10,12,14-16,19-35,40H2,1-2H3,(H,44,45)/b13-11-,18-17-/t36-,38?/m1/s1. The van der Waals surface area contributed by atoms with Gasteiger partial charge in [-0.15, -0.1) is 0 Å². The molecule has 0 aliphatic heterocycles. The molecule has 4 N–H and O–H groups in total. The van der Waals surface area contributed by atoms with E-state index in [9.17, 15) is 24.2 Å². The van der Waals surface area contributed by atoms with Gasteiger partial charge in [-0.05, 0) is 44.9 Å². The molecule has 0 bridgehead atoms. The van der Waals surface area contributed by atoms with Gasteiger partial charge in [0.2, 0.25) is 0 Å². The normalized spacial score (nSPS) is 14.4. The highest BCUT2D eigenvalue weighted by Gasteiger charge is 2.31. The maximum absolute atomic E-state index is 12.6. The zero-order chi connectivity index (χ0) is 36.3. The van der Waals surface area contributed by atoms with Crippen molar-refractivity contribution in [1.29, 1.82) is 0 Å². The van der Waals surface area contributed by atoms with Crippen LogP contribution in [0.1, 0.15) is 181 Å². The topological polar surface area (TPSA) is 145 Å². The Morgan fingerprint density at radius 3 is 1.63 bits per heavy atom. The van der Waals surface area contributed by atoms with Gasteiger partial charge in [-0.3, -0.25) is 18.6 Å². The lowest BCUT2D eigenvalue weighted by atomic mass is 10.0. The van der Waals surface area contributed by atoms with Crippen molar-refractivity contribution in [1.82, 2.24) is 0 Å². The van der Waals surface area contributed by atoms with Crippen LogP contribution in [-0.4, -0.2) is 53.7 Å². The Kier molecular flexibility index (Phi) is 34.1. The van der Waals surface area contributed by atoms with Crippen LogP contribution < -0.4 is 5.73 Å². The zero-order valence-electron chi connectivity index (χ0n) is 31.3. The van der Waals surface area contributed by atoms with Crippen molar-refractivity contribution in [3.8, 4) is 0 Å². The van der Waals surface area contributed by atoms with E-state index in [1.165, 1.54) is 83.5 Å². The van der Waals surface area contributed by atoms with Crippen LogP contribution in [0.15, 0.2) is 24.3 Å². The second-order valence-corrected chi connectivity index (χ2v) is 14.7. The summed E-state index contributed by atoms with van der Waals surface area (Å²) >= 11 is 0. The van der Waals surface area contributed by atoms with E-state index in [0.29, 0.717) is 12.8 Å². The van der Waals surface area contributed by atoms with Crippen molar-refractivity contribution in [2.75, 3.05) is 19.8 Å². The van der Waals surface area contributed by atoms with Gasteiger partial charge in [0.1, 0.15) is 12.2 Å². The molecule has 10 heteroatoms. The van der Waals surface area contributed by atoms with Crippen LogP contribution in [0.3, 0.4) is 0 Å². The van der Waals surface area contributed by atoms with E-state index in [-0.39, 0.29) is 25.2 Å². The van der Waals surface area contributed by atoms with Crippen LogP contribution in [0.25, 0.3) is 0 Å². The fourth-order valence-electron chi connectivity index (χ4n) is 5.53. The van der Waals surface area contributed by atoms with Gasteiger partial charge in [0, 0.05) is 19.4 Å². The average molecular weight is 716 g/mol. The van der Waals surface area contributed by atoms with E-state index in [2.05, 4.69) is 38.2 Å². The molecule has 288 valence electrons. The van der Waals surface area contributed by atoms with Crippen LogP contribution in [0.2, 0.25) is 0 Å². The molecule has 0 aliphatic carbocycles. The molecule has 49 heavy (non-hydrogen) atoms. The first kappa shape index (κ1) is 47.7. The third-order valence-corrected chi connectivity index (χ3v) is 9.61. The average Bonchev–Trinajstić information content (AvgIpc) is 3.09. The Bertz CT molecular complexity index is 881. The van der Waals surface area contributed by atoms with Crippen LogP contribution in [-0.2, 0) is 27.9 Å². The first-order valence-electron chi connectivity index (χ1n) is 19.8. The monoisotopic (exact) mass is 716 g/mol. The summed E-state index contributed by atoms with van der Waals surface area (Å²) in [6.07, 6.45) is 34.3. The lowest BCUT2D eigenvalue weighted by molar-refractivity contribution is -0.153. The molecule has 2 unspecified atom stereocenters. The van der Waals surface area contributed by atoms with Gasteiger partial charge in [-0.25, -0.2) is 4.57 Å². The van der Waals surface area contributed by atoms with Crippen molar-refractivity contribution in [3.05, 3.63) is 24.3 Å². The van der Waals surface area contributed by atoms with E-state index < -0.39 is 39.2 Å². The van der Waals surface area contributed by atoms with Crippen molar-refractivity contribution in [2.24, 2.45) is 5.73 Å². The highest BCUT2D eigenvalue weighted by Crippen LogP contribution is 2.45. The van der Waals surface area contributed by atoms with Crippen molar-refractivity contribution < 1.29 is 37.9 Å².